The van der Waals surface area contributed by atoms with E-state index in [2.05, 4.69) is 20.3 Å². The Kier molecular flexibility index (Phi) is 3.77. The number of carbonyl (C=O) groups is 1. The number of carbonyl (C=O) groups excluding carboxylic acids is 1. The summed E-state index contributed by atoms with van der Waals surface area (Å²) in [4.78, 5) is 23.8. The van der Waals surface area contributed by atoms with Crippen LogP contribution in [0, 0.1) is 5.82 Å². The Balaban J connectivity index is 1.67. The number of pyridine rings is 1. The molecule has 7 nitrogen and oxygen atoms in total. The average molecular weight is 366 g/mol. The number of hydrogen-bond donors (Lipinski definition) is 1. The SMILES string of the molecule is O=C1NCCCc2ncc(F)cc2C2CCCN2c2ccn3ncc1c3n2. The molecule has 1 amide bonds. The highest BCUT2D eigenvalue weighted by molar-refractivity contribution is 5.99. The molecule has 3 aromatic heterocycles. The van der Waals surface area contributed by atoms with E-state index in [9.17, 15) is 9.18 Å². The Morgan fingerprint density at radius 1 is 1.26 bits per heavy atom. The highest BCUT2D eigenvalue weighted by atomic mass is 19.1. The number of anilines is 1. The monoisotopic (exact) mass is 366 g/mol. The van der Waals surface area contributed by atoms with Crippen LogP contribution in [0.1, 0.15) is 46.9 Å². The number of nitrogens with one attached hydrogen (secondary N) is 1. The van der Waals surface area contributed by atoms with Gasteiger partial charge in [-0.25, -0.2) is 13.9 Å². The lowest BCUT2D eigenvalue weighted by Gasteiger charge is -2.27. The molecule has 0 radical (unpaired) electrons. The number of rotatable bonds is 0. The van der Waals surface area contributed by atoms with E-state index in [1.807, 2.05) is 12.3 Å². The molecule has 1 fully saturated rings. The molecule has 27 heavy (non-hydrogen) atoms. The number of fused-ring (bicyclic) bond motifs is 5. The smallest absolute Gasteiger partial charge is 0.256 e. The first-order valence-corrected chi connectivity index (χ1v) is 9.24. The molecule has 0 saturated carbocycles. The van der Waals surface area contributed by atoms with Crippen molar-refractivity contribution in [3.8, 4) is 0 Å². The molecule has 138 valence electrons. The number of halogens is 1. The highest BCUT2D eigenvalue weighted by Crippen LogP contribution is 2.37. The summed E-state index contributed by atoms with van der Waals surface area (Å²) < 4.78 is 15.6. The van der Waals surface area contributed by atoms with E-state index in [4.69, 9.17) is 4.98 Å². The van der Waals surface area contributed by atoms with Crippen LogP contribution in [0.5, 0.6) is 0 Å². The zero-order valence-corrected chi connectivity index (χ0v) is 14.7. The van der Waals surface area contributed by atoms with Crippen LogP contribution in [0.3, 0.4) is 0 Å². The second-order valence-electron chi connectivity index (χ2n) is 7.01. The summed E-state index contributed by atoms with van der Waals surface area (Å²) in [6.07, 6.45) is 7.99. The van der Waals surface area contributed by atoms with Gasteiger partial charge in [0.05, 0.1) is 18.4 Å². The lowest BCUT2D eigenvalue weighted by molar-refractivity contribution is 0.0954. The Morgan fingerprint density at radius 2 is 2.19 bits per heavy atom. The number of nitrogens with zero attached hydrogens (tertiary/aromatic N) is 5. The summed E-state index contributed by atoms with van der Waals surface area (Å²) in [5.41, 5.74) is 2.82. The Bertz CT molecular complexity index is 1030. The van der Waals surface area contributed by atoms with Gasteiger partial charge in [-0.2, -0.15) is 5.10 Å². The second-order valence-corrected chi connectivity index (χ2v) is 7.01. The van der Waals surface area contributed by atoms with Crippen LogP contribution >= 0.6 is 0 Å². The van der Waals surface area contributed by atoms with Crippen molar-refractivity contribution < 1.29 is 9.18 Å². The van der Waals surface area contributed by atoms with Gasteiger partial charge in [-0.05, 0) is 43.4 Å². The van der Waals surface area contributed by atoms with E-state index < -0.39 is 0 Å². The van der Waals surface area contributed by atoms with Crippen LogP contribution in [0.25, 0.3) is 5.65 Å². The van der Waals surface area contributed by atoms with Crippen molar-refractivity contribution in [1.29, 1.82) is 0 Å². The fourth-order valence-corrected chi connectivity index (χ4v) is 4.08. The average Bonchev–Trinajstić information content (AvgIpc) is 3.31. The third kappa shape index (κ3) is 2.72. The van der Waals surface area contributed by atoms with E-state index >= 15 is 0 Å². The van der Waals surface area contributed by atoms with Gasteiger partial charge in [0.25, 0.3) is 5.91 Å². The molecule has 0 aliphatic carbocycles. The van der Waals surface area contributed by atoms with E-state index in [0.717, 1.165) is 42.9 Å². The largest absolute Gasteiger partial charge is 0.352 e. The van der Waals surface area contributed by atoms with E-state index in [1.165, 1.54) is 6.20 Å². The summed E-state index contributed by atoms with van der Waals surface area (Å²) in [6, 6.07) is 3.53. The summed E-state index contributed by atoms with van der Waals surface area (Å²) >= 11 is 0. The van der Waals surface area contributed by atoms with Crippen LogP contribution < -0.4 is 10.2 Å². The number of aromatic nitrogens is 4. The first-order chi connectivity index (χ1) is 13.2. The summed E-state index contributed by atoms with van der Waals surface area (Å²) in [7, 11) is 0. The van der Waals surface area contributed by atoms with Crippen molar-refractivity contribution in [2.75, 3.05) is 18.0 Å². The minimum Gasteiger partial charge on any atom is -0.352 e. The second kappa shape index (κ2) is 6.29. The molecule has 1 unspecified atom stereocenters. The third-order valence-electron chi connectivity index (χ3n) is 5.35. The predicted octanol–water partition coefficient (Wildman–Crippen LogP) is 2.28. The van der Waals surface area contributed by atoms with E-state index in [1.54, 1.807) is 16.8 Å². The maximum Gasteiger partial charge on any atom is 0.256 e. The molecule has 0 spiro atoms. The molecule has 1 N–H and O–H groups in total. The molecule has 3 aromatic rings. The zero-order valence-electron chi connectivity index (χ0n) is 14.7. The lowest BCUT2D eigenvalue weighted by Crippen LogP contribution is -2.25. The van der Waals surface area contributed by atoms with Crippen molar-refractivity contribution in [2.45, 2.75) is 31.7 Å². The summed E-state index contributed by atoms with van der Waals surface area (Å²) in [6.45, 7) is 1.35. The van der Waals surface area contributed by atoms with Crippen molar-refractivity contribution >= 4 is 17.4 Å². The molecule has 2 aliphatic rings. The third-order valence-corrected chi connectivity index (χ3v) is 5.35. The van der Waals surface area contributed by atoms with E-state index in [-0.39, 0.29) is 17.8 Å². The van der Waals surface area contributed by atoms with Gasteiger partial charge < -0.3 is 10.2 Å². The maximum atomic E-state index is 14.0. The fraction of sp³-hybridized carbons (Fsp3) is 0.368. The van der Waals surface area contributed by atoms with Gasteiger partial charge in [-0.3, -0.25) is 9.78 Å². The Morgan fingerprint density at radius 3 is 3.11 bits per heavy atom. The quantitative estimate of drug-likeness (QED) is 0.661. The standard InChI is InChI=1S/C19H19FN6O/c20-12-9-13-15(22-10-12)3-1-6-21-19(27)14-11-23-26-8-5-17(24-18(14)26)25-7-2-4-16(13)25/h5,8-11,16H,1-4,6-7H2,(H,21,27). The first kappa shape index (κ1) is 16.2. The molecule has 8 heteroatoms. The Hall–Kier alpha value is -3.03. The van der Waals surface area contributed by atoms with Crippen molar-refractivity contribution in [3.63, 3.8) is 0 Å². The van der Waals surface area contributed by atoms with Gasteiger partial charge in [0.2, 0.25) is 0 Å². The van der Waals surface area contributed by atoms with E-state index in [0.29, 0.717) is 24.2 Å². The van der Waals surface area contributed by atoms with Crippen molar-refractivity contribution in [3.05, 3.63) is 53.4 Å². The molecule has 0 aromatic carbocycles. The normalized spacial score (nSPS) is 19.8. The van der Waals surface area contributed by atoms with Gasteiger partial charge in [-0.15, -0.1) is 0 Å². The van der Waals surface area contributed by atoms with Crippen LogP contribution in [0.2, 0.25) is 0 Å². The van der Waals surface area contributed by atoms with Crippen molar-refractivity contribution in [2.24, 2.45) is 0 Å². The molecular formula is C19H19FN6O. The van der Waals surface area contributed by atoms with Crippen LogP contribution in [0.15, 0.2) is 30.7 Å². The van der Waals surface area contributed by atoms with Crippen LogP contribution in [0.4, 0.5) is 10.2 Å². The maximum absolute atomic E-state index is 14.0. The number of aryl methyl sites for hydroxylation is 1. The van der Waals surface area contributed by atoms with Crippen molar-refractivity contribution in [1.82, 2.24) is 24.9 Å². The first-order valence-electron chi connectivity index (χ1n) is 9.24. The van der Waals surface area contributed by atoms with Gasteiger partial charge in [0, 0.05) is 25.0 Å². The van der Waals surface area contributed by atoms with Gasteiger partial charge >= 0.3 is 0 Å². The highest BCUT2D eigenvalue weighted by Gasteiger charge is 2.30. The minimum absolute atomic E-state index is 0.0361. The molecule has 1 saturated heterocycles. The molecule has 2 aliphatic heterocycles. The molecule has 1 atom stereocenters. The molecular weight excluding hydrogens is 347 g/mol. The molecule has 2 bridgehead atoms. The summed E-state index contributed by atoms with van der Waals surface area (Å²) in [5, 5.41) is 7.15. The van der Waals surface area contributed by atoms with Gasteiger partial charge in [-0.1, -0.05) is 0 Å². The number of amides is 1. The molecule has 5 heterocycles. The topological polar surface area (TPSA) is 75.4 Å². The zero-order chi connectivity index (χ0) is 18.4. The van der Waals surface area contributed by atoms with Gasteiger partial charge in [0.1, 0.15) is 17.2 Å². The lowest BCUT2D eigenvalue weighted by atomic mass is 10.00. The molecule has 5 rings (SSSR count). The van der Waals surface area contributed by atoms with Crippen LogP contribution in [-0.2, 0) is 6.42 Å². The van der Waals surface area contributed by atoms with Gasteiger partial charge in [0.15, 0.2) is 5.65 Å². The Labute approximate surface area is 155 Å². The number of hydrogen-bond acceptors (Lipinski definition) is 5. The fourth-order valence-electron chi connectivity index (χ4n) is 4.08. The minimum atomic E-state index is -0.320. The predicted molar refractivity (Wildman–Crippen MR) is 97.2 cm³/mol. The summed E-state index contributed by atoms with van der Waals surface area (Å²) in [5.74, 6) is 0.271. The van der Waals surface area contributed by atoms with Crippen LogP contribution in [-0.4, -0.2) is 38.6 Å².